The van der Waals surface area contributed by atoms with Crippen molar-refractivity contribution in [3.05, 3.63) is 33.5 Å². The van der Waals surface area contributed by atoms with Crippen LogP contribution >= 0.6 is 23.1 Å². The first-order valence-corrected chi connectivity index (χ1v) is 11.3. The summed E-state index contributed by atoms with van der Waals surface area (Å²) in [5.41, 5.74) is 3.81. The fourth-order valence-corrected chi connectivity index (χ4v) is 5.63. The van der Waals surface area contributed by atoms with Crippen LogP contribution in [0.15, 0.2) is 11.2 Å². The molecule has 0 aliphatic heterocycles. The second kappa shape index (κ2) is 8.22. The Morgan fingerprint density at radius 1 is 1.36 bits per heavy atom. The topological polar surface area (TPSA) is 78.7 Å². The van der Waals surface area contributed by atoms with E-state index in [9.17, 15) is 10.1 Å². The number of carbonyl (C=O) groups is 1. The quantitative estimate of drug-likeness (QED) is 0.568. The number of rotatable bonds is 4. The van der Waals surface area contributed by atoms with Crippen molar-refractivity contribution in [2.45, 2.75) is 59.0 Å². The molecule has 28 heavy (non-hydrogen) atoms. The van der Waals surface area contributed by atoms with Crippen LogP contribution in [-0.2, 0) is 17.6 Å². The van der Waals surface area contributed by atoms with E-state index in [0.717, 1.165) is 36.2 Å². The number of fused-ring (bicyclic) bond motifs is 1. The molecular formula is C21H26N4OS2. The van der Waals surface area contributed by atoms with E-state index >= 15 is 0 Å². The smallest absolute Gasteiger partial charge is 0.235 e. The highest BCUT2D eigenvalue weighted by Crippen LogP contribution is 2.44. The molecule has 1 amide bonds. The second-order valence-electron chi connectivity index (χ2n) is 8.40. The van der Waals surface area contributed by atoms with Gasteiger partial charge in [-0.2, -0.15) is 5.26 Å². The molecular weight excluding hydrogens is 388 g/mol. The first kappa shape index (κ1) is 20.8. The lowest BCUT2D eigenvalue weighted by atomic mass is 9.72. The van der Waals surface area contributed by atoms with E-state index in [0.29, 0.717) is 21.6 Å². The molecule has 0 radical (unpaired) electrons. The van der Waals surface area contributed by atoms with Gasteiger partial charge in [0.2, 0.25) is 5.91 Å². The molecule has 2 heterocycles. The number of thioether (sulfide) groups is 1. The number of aromatic nitrogens is 2. The molecule has 0 saturated heterocycles. The highest BCUT2D eigenvalue weighted by Gasteiger charge is 2.32. The molecule has 0 unspecified atom stereocenters. The molecule has 1 aliphatic rings. The Labute approximate surface area is 175 Å². The Kier molecular flexibility index (Phi) is 6.11. The van der Waals surface area contributed by atoms with Gasteiger partial charge in [-0.3, -0.25) is 4.79 Å². The van der Waals surface area contributed by atoms with Gasteiger partial charge in [0.05, 0.1) is 11.3 Å². The summed E-state index contributed by atoms with van der Waals surface area (Å²) in [6.07, 6.45) is 2.99. The third-order valence-corrected chi connectivity index (χ3v) is 7.17. The summed E-state index contributed by atoms with van der Waals surface area (Å²) in [6.45, 7) is 10.7. The van der Waals surface area contributed by atoms with Crippen molar-refractivity contribution < 1.29 is 4.79 Å². The number of nitriles is 1. The molecule has 7 heteroatoms. The van der Waals surface area contributed by atoms with E-state index in [-0.39, 0.29) is 17.1 Å². The van der Waals surface area contributed by atoms with Gasteiger partial charge in [-0.25, -0.2) is 9.97 Å². The van der Waals surface area contributed by atoms with Crippen molar-refractivity contribution in [1.29, 1.82) is 5.26 Å². The Morgan fingerprint density at radius 2 is 2.04 bits per heavy atom. The maximum atomic E-state index is 12.5. The van der Waals surface area contributed by atoms with E-state index in [1.165, 1.54) is 16.6 Å². The maximum absolute atomic E-state index is 12.5. The van der Waals surface area contributed by atoms with Gasteiger partial charge < -0.3 is 5.32 Å². The van der Waals surface area contributed by atoms with Crippen LogP contribution in [-0.4, -0.2) is 21.6 Å². The minimum atomic E-state index is -0.129. The van der Waals surface area contributed by atoms with Crippen molar-refractivity contribution in [1.82, 2.24) is 9.97 Å². The highest BCUT2D eigenvalue weighted by atomic mass is 32.2. The minimum Gasteiger partial charge on any atom is -0.316 e. The SMILES string of the molecule is Cc1cc(C)nc(SCC(=O)Nc2sc3c(c2C#N)CC[C@@H](C(C)(C)C)C3)n1. The summed E-state index contributed by atoms with van der Waals surface area (Å²) in [7, 11) is 0. The monoisotopic (exact) mass is 414 g/mol. The molecule has 148 valence electrons. The maximum Gasteiger partial charge on any atom is 0.235 e. The molecule has 1 N–H and O–H groups in total. The zero-order chi connectivity index (χ0) is 20.5. The first-order chi connectivity index (χ1) is 13.2. The lowest BCUT2D eigenvalue weighted by Crippen LogP contribution is -2.26. The lowest BCUT2D eigenvalue weighted by Gasteiger charge is -2.33. The van der Waals surface area contributed by atoms with Crippen molar-refractivity contribution in [3.63, 3.8) is 0 Å². The number of anilines is 1. The van der Waals surface area contributed by atoms with E-state index in [2.05, 4.69) is 42.1 Å². The third kappa shape index (κ3) is 4.73. The summed E-state index contributed by atoms with van der Waals surface area (Å²) in [6, 6.07) is 4.22. The van der Waals surface area contributed by atoms with Crippen molar-refractivity contribution in [2.75, 3.05) is 11.1 Å². The number of hydrogen-bond donors (Lipinski definition) is 1. The van der Waals surface area contributed by atoms with Crippen molar-refractivity contribution >= 4 is 34.0 Å². The molecule has 2 aromatic heterocycles. The number of nitrogens with zero attached hydrogens (tertiary/aromatic N) is 3. The number of hydrogen-bond acceptors (Lipinski definition) is 6. The molecule has 2 aromatic rings. The lowest BCUT2D eigenvalue weighted by molar-refractivity contribution is -0.113. The van der Waals surface area contributed by atoms with Gasteiger partial charge in [0.15, 0.2) is 5.16 Å². The molecule has 0 bridgehead atoms. The molecule has 3 rings (SSSR count). The van der Waals surface area contributed by atoms with Gasteiger partial charge >= 0.3 is 0 Å². The second-order valence-corrected chi connectivity index (χ2v) is 10.4. The van der Waals surface area contributed by atoms with Crippen LogP contribution in [0.3, 0.4) is 0 Å². The minimum absolute atomic E-state index is 0.129. The van der Waals surface area contributed by atoms with Gasteiger partial charge in [0.1, 0.15) is 11.1 Å². The molecule has 0 fully saturated rings. The summed E-state index contributed by atoms with van der Waals surface area (Å²) in [5, 5.41) is 13.9. The fourth-order valence-electron chi connectivity index (χ4n) is 3.58. The van der Waals surface area contributed by atoms with E-state index < -0.39 is 0 Å². The predicted octanol–water partition coefficient (Wildman–Crippen LogP) is 4.91. The number of nitrogens with one attached hydrogen (secondary N) is 1. The van der Waals surface area contributed by atoms with Crippen LogP contribution in [0, 0.1) is 36.5 Å². The number of carbonyl (C=O) groups excluding carboxylic acids is 1. The molecule has 0 spiro atoms. The van der Waals surface area contributed by atoms with Crippen LogP contribution in [0.4, 0.5) is 5.00 Å². The van der Waals surface area contributed by atoms with Crippen molar-refractivity contribution in [3.8, 4) is 6.07 Å². The van der Waals surface area contributed by atoms with Gasteiger partial charge in [-0.05, 0) is 56.1 Å². The van der Waals surface area contributed by atoms with Crippen molar-refractivity contribution in [2.24, 2.45) is 11.3 Å². The average Bonchev–Trinajstić information content (AvgIpc) is 2.94. The summed E-state index contributed by atoms with van der Waals surface area (Å²) in [4.78, 5) is 22.4. The Morgan fingerprint density at radius 3 is 2.64 bits per heavy atom. The van der Waals surface area contributed by atoms with Crippen LogP contribution < -0.4 is 5.32 Å². The summed E-state index contributed by atoms with van der Waals surface area (Å²) < 4.78 is 0. The first-order valence-electron chi connectivity index (χ1n) is 9.47. The van der Waals surface area contributed by atoms with Crippen LogP contribution in [0.1, 0.15) is 54.6 Å². The molecule has 1 aliphatic carbocycles. The summed E-state index contributed by atoms with van der Waals surface area (Å²) in [5.74, 6) is 0.697. The van der Waals surface area contributed by atoms with Crippen LogP contribution in [0.5, 0.6) is 0 Å². The molecule has 0 saturated carbocycles. The number of aryl methyl sites for hydroxylation is 2. The zero-order valence-corrected chi connectivity index (χ0v) is 18.7. The zero-order valence-electron chi connectivity index (χ0n) is 17.0. The van der Waals surface area contributed by atoms with E-state index in [1.54, 1.807) is 11.3 Å². The standard InChI is InChI=1S/C21H26N4OS2/c1-12-8-13(2)24-20(23-12)27-11-18(26)25-19-16(10-22)15-7-6-14(21(3,4)5)9-17(15)28-19/h8,14H,6-7,9,11H2,1-5H3,(H,25,26)/t14-/m1/s1. The third-order valence-electron chi connectivity index (χ3n) is 5.15. The molecule has 5 nitrogen and oxygen atoms in total. The largest absolute Gasteiger partial charge is 0.316 e. The number of amides is 1. The van der Waals surface area contributed by atoms with E-state index in [1.807, 2.05) is 19.9 Å². The van der Waals surface area contributed by atoms with Gasteiger partial charge in [0, 0.05) is 16.3 Å². The molecule has 0 aromatic carbocycles. The highest BCUT2D eigenvalue weighted by molar-refractivity contribution is 7.99. The Hall–Kier alpha value is -1.91. The molecule has 1 atom stereocenters. The number of thiophene rings is 1. The normalized spacial score (nSPS) is 16.4. The predicted molar refractivity (Wildman–Crippen MR) is 115 cm³/mol. The van der Waals surface area contributed by atoms with Crippen LogP contribution in [0.25, 0.3) is 0 Å². The Bertz CT molecular complexity index is 917. The van der Waals surface area contributed by atoms with Gasteiger partial charge in [-0.1, -0.05) is 32.5 Å². The fraction of sp³-hybridized carbons (Fsp3) is 0.524. The van der Waals surface area contributed by atoms with Gasteiger partial charge in [-0.15, -0.1) is 11.3 Å². The summed E-state index contributed by atoms with van der Waals surface area (Å²) >= 11 is 2.88. The Balaban J connectivity index is 1.70. The van der Waals surface area contributed by atoms with Gasteiger partial charge in [0.25, 0.3) is 0 Å². The van der Waals surface area contributed by atoms with Crippen LogP contribution in [0.2, 0.25) is 0 Å². The van der Waals surface area contributed by atoms with E-state index in [4.69, 9.17) is 0 Å². The average molecular weight is 415 g/mol.